The molecule has 0 amide bonds. The van der Waals surface area contributed by atoms with Crippen LogP contribution in [0.4, 0.5) is 0 Å². The van der Waals surface area contributed by atoms with Crippen molar-refractivity contribution in [1.82, 2.24) is 9.78 Å². The molecule has 27 heavy (non-hydrogen) atoms. The summed E-state index contributed by atoms with van der Waals surface area (Å²) < 4.78 is 11.5. The Bertz CT molecular complexity index is 966. The Labute approximate surface area is 161 Å². The zero-order chi connectivity index (χ0) is 19.4. The fourth-order valence-corrected chi connectivity index (χ4v) is 2.90. The number of methoxy groups -OCH3 is 1. The van der Waals surface area contributed by atoms with E-state index in [9.17, 15) is 9.59 Å². The van der Waals surface area contributed by atoms with E-state index in [0.717, 1.165) is 11.3 Å². The largest absolute Gasteiger partial charge is 0.465 e. The molecule has 6 nitrogen and oxygen atoms in total. The van der Waals surface area contributed by atoms with Crippen molar-refractivity contribution in [2.45, 2.75) is 13.5 Å². The number of esters is 2. The van der Waals surface area contributed by atoms with E-state index in [2.05, 4.69) is 9.84 Å². The maximum Gasteiger partial charge on any atom is 0.343 e. The number of rotatable bonds is 5. The van der Waals surface area contributed by atoms with Gasteiger partial charge in [-0.1, -0.05) is 41.9 Å². The van der Waals surface area contributed by atoms with Gasteiger partial charge in [-0.2, -0.15) is 5.10 Å². The minimum Gasteiger partial charge on any atom is -0.465 e. The van der Waals surface area contributed by atoms with E-state index in [1.807, 2.05) is 30.3 Å². The van der Waals surface area contributed by atoms with Crippen LogP contribution in [-0.2, 0) is 16.1 Å². The molecule has 1 aromatic heterocycles. The molecule has 0 bridgehead atoms. The molecular formula is C20H17ClN2O4. The average molecular weight is 385 g/mol. The molecule has 0 fully saturated rings. The SMILES string of the molecule is COC(=O)c1ccc(COC(=O)c2c(C)nn(-c3ccccc3)c2Cl)cc1. The third-order valence-electron chi connectivity index (χ3n) is 3.95. The molecule has 0 saturated heterocycles. The van der Waals surface area contributed by atoms with Crippen LogP contribution in [0.3, 0.4) is 0 Å². The van der Waals surface area contributed by atoms with Crippen molar-refractivity contribution >= 4 is 23.5 Å². The van der Waals surface area contributed by atoms with Crippen LogP contribution >= 0.6 is 11.6 Å². The summed E-state index contributed by atoms with van der Waals surface area (Å²) in [5, 5.41) is 4.53. The van der Waals surface area contributed by atoms with Gasteiger partial charge in [0.2, 0.25) is 0 Å². The van der Waals surface area contributed by atoms with Crippen molar-refractivity contribution in [2.75, 3.05) is 7.11 Å². The highest BCUT2D eigenvalue weighted by Gasteiger charge is 2.22. The molecule has 7 heteroatoms. The zero-order valence-corrected chi connectivity index (χ0v) is 15.6. The number of ether oxygens (including phenoxy) is 2. The number of aryl methyl sites for hydroxylation is 1. The Morgan fingerprint density at radius 1 is 1.04 bits per heavy atom. The number of aromatic nitrogens is 2. The van der Waals surface area contributed by atoms with Gasteiger partial charge in [-0.25, -0.2) is 14.3 Å². The number of benzene rings is 2. The molecule has 0 radical (unpaired) electrons. The third-order valence-corrected chi connectivity index (χ3v) is 4.30. The van der Waals surface area contributed by atoms with Crippen LogP contribution < -0.4 is 0 Å². The van der Waals surface area contributed by atoms with Crippen LogP contribution in [0.15, 0.2) is 54.6 Å². The van der Waals surface area contributed by atoms with Crippen LogP contribution in [-0.4, -0.2) is 28.8 Å². The number of hydrogen-bond donors (Lipinski definition) is 0. The highest BCUT2D eigenvalue weighted by atomic mass is 35.5. The molecule has 0 unspecified atom stereocenters. The van der Waals surface area contributed by atoms with Gasteiger partial charge in [-0.3, -0.25) is 0 Å². The summed E-state index contributed by atoms with van der Waals surface area (Å²) >= 11 is 6.36. The van der Waals surface area contributed by atoms with Gasteiger partial charge < -0.3 is 9.47 Å². The molecule has 0 aliphatic carbocycles. The molecule has 0 N–H and O–H groups in total. The second-order valence-electron chi connectivity index (χ2n) is 5.76. The van der Waals surface area contributed by atoms with E-state index in [1.54, 1.807) is 31.2 Å². The summed E-state index contributed by atoms with van der Waals surface area (Å²) in [6.45, 7) is 1.75. The quantitative estimate of drug-likeness (QED) is 0.622. The van der Waals surface area contributed by atoms with Gasteiger partial charge in [0.1, 0.15) is 17.3 Å². The molecule has 0 aliphatic rings. The number of nitrogens with zero attached hydrogens (tertiary/aromatic N) is 2. The second kappa shape index (κ2) is 8.05. The predicted molar refractivity (Wildman–Crippen MR) is 100 cm³/mol. The number of carbonyl (C=O) groups is 2. The fourth-order valence-electron chi connectivity index (χ4n) is 2.55. The van der Waals surface area contributed by atoms with Crippen LogP contribution in [0.1, 0.15) is 32.0 Å². The minimum absolute atomic E-state index is 0.0482. The Balaban J connectivity index is 1.73. The van der Waals surface area contributed by atoms with Gasteiger partial charge in [-0.15, -0.1) is 0 Å². The van der Waals surface area contributed by atoms with E-state index >= 15 is 0 Å². The highest BCUT2D eigenvalue weighted by Crippen LogP contribution is 2.24. The lowest BCUT2D eigenvalue weighted by Crippen LogP contribution is -2.07. The minimum atomic E-state index is -0.559. The van der Waals surface area contributed by atoms with E-state index < -0.39 is 11.9 Å². The molecule has 1 heterocycles. The molecule has 138 valence electrons. The predicted octanol–water partition coefficient (Wildman–Crippen LogP) is 3.98. The first-order valence-corrected chi connectivity index (χ1v) is 8.54. The van der Waals surface area contributed by atoms with Crippen molar-refractivity contribution in [1.29, 1.82) is 0 Å². The smallest absolute Gasteiger partial charge is 0.343 e. The summed E-state index contributed by atoms with van der Waals surface area (Å²) in [5.74, 6) is -0.981. The monoisotopic (exact) mass is 384 g/mol. The van der Waals surface area contributed by atoms with Crippen LogP contribution in [0, 0.1) is 6.92 Å². The number of carbonyl (C=O) groups excluding carboxylic acids is 2. The van der Waals surface area contributed by atoms with E-state index in [-0.39, 0.29) is 17.3 Å². The fraction of sp³-hybridized carbons (Fsp3) is 0.150. The van der Waals surface area contributed by atoms with Gasteiger partial charge in [0, 0.05) is 0 Å². The van der Waals surface area contributed by atoms with Crippen molar-refractivity contribution < 1.29 is 19.1 Å². The van der Waals surface area contributed by atoms with Crippen LogP contribution in [0.2, 0.25) is 5.15 Å². The molecule has 0 saturated carbocycles. The lowest BCUT2D eigenvalue weighted by molar-refractivity contribution is 0.0470. The van der Waals surface area contributed by atoms with Gasteiger partial charge >= 0.3 is 11.9 Å². The molecule has 3 rings (SSSR count). The zero-order valence-electron chi connectivity index (χ0n) is 14.8. The Hall–Kier alpha value is -3.12. The van der Waals surface area contributed by atoms with Crippen molar-refractivity contribution in [3.05, 3.63) is 82.1 Å². The first-order chi connectivity index (χ1) is 13.0. The van der Waals surface area contributed by atoms with Gasteiger partial charge in [0.05, 0.1) is 24.1 Å². The maximum absolute atomic E-state index is 12.5. The lowest BCUT2D eigenvalue weighted by atomic mass is 10.1. The summed E-state index contributed by atoms with van der Waals surface area (Å²) in [6.07, 6.45) is 0. The number of hydrogen-bond acceptors (Lipinski definition) is 5. The summed E-state index contributed by atoms with van der Waals surface area (Å²) in [7, 11) is 1.32. The Morgan fingerprint density at radius 3 is 2.33 bits per heavy atom. The van der Waals surface area contributed by atoms with E-state index in [0.29, 0.717) is 11.3 Å². The molecule has 0 atom stereocenters. The van der Waals surface area contributed by atoms with E-state index in [4.69, 9.17) is 16.3 Å². The van der Waals surface area contributed by atoms with Gasteiger partial charge in [-0.05, 0) is 36.8 Å². The first kappa shape index (κ1) is 18.7. The summed E-state index contributed by atoms with van der Waals surface area (Å²) in [6, 6.07) is 15.9. The standard InChI is InChI=1S/C20H17ClN2O4/c1-13-17(18(21)23(22-13)16-6-4-3-5-7-16)20(25)27-12-14-8-10-15(11-9-14)19(24)26-2/h3-11H,12H2,1-2H3. The van der Waals surface area contributed by atoms with Gasteiger partial charge in [0.25, 0.3) is 0 Å². The second-order valence-corrected chi connectivity index (χ2v) is 6.12. The van der Waals surface area contributed by atoms with Gasteiger partial charge in [0.15, 0.2) is 0 Å². The highest BCUT2D eigenvalue weighted by molar-refractivity contribution is 6.33. The number of para-hydroxylation sites is 1. The van der Waals surface area contributed by atoms with Crippen molar-refractivity contribution in [2.24, 2.45) is 0 Å². The number of halogens is 1. The van der Waals surface area contributed by atoms with E-state index in [1.165, 1.54) is 11.8 Å². The van der Waals surface area contributed by atoms with Crippen molar-refractivity contribution in [3.8, 4) is 5.69 Å². The topological polar surface area (TPSA) is 70.4 Å². The molecule has 0 aliphatic heterocycles. The summed E-state index contributed by atoms with van der Waals surface area (Å²) in [5.41, 5.74) is 2.63. The van der Waals surface area contributed by atoms with Crippen LogP contribution in [0.25, 0.3) is 5.69 Å². The summed E-state index contributed by atoms with van der Waals surface area (Å²) in [4.78, 5) is 23.9. The maximum atomic E-state index is 12.5. The Morgan fingerprint density at radius 2 is 1.70 bits per heavy atom. The first-order valence-electron chi connectivity index (χ1n) is 8.16. The third kappa shape index (κ3) is 4.01. The molecule has 3 aromatic rings. The van der Waals surface area contributed by atoms with Crippen molar-refractivity contribution in [3.63, 3.8) is 0 Å². The molecular weight excluding hydrogens is 368 g/mol. The molecule has 2 aromatic carbocycles. The lowest BCUT2D eigenvalue weighted by Gasteiger charge is -2.06. The molecule has 0 spiro atoms. The van der Waals surface area contributed by atoms with Crippen LogP contribution in [0.5, 0.6) is 0 Å². The normalized spacial score (nSPS) is 10.5. The Kier molecular flexibility index (Phi) is 5.57. The average Bonchev–Trinajstić information content (AvgIpc) is 3.00.